The van der Waals surface area contributed by atoms with Crippen molar-refractivity contribution in [1.82, 2.24) is 14.7 Å². The summed E-state index contributed by atoms with van der Waals surface area (Å²) in [7, 11) is -3.62. The van der Waals surface area contributed by atoms with Crippen LogP contribution in [0.1, 0.15) is 19.0 Å². The summed E-state index contributed by atoms with van der Waals surface area (Å²) in [5.41, 5.74) is 3.14. The SMILES string of the molecule is CCCNc1cccnc1S(=O)(=O)NCCc1cscn1. The van der Waals surface area contributed by atoms with Crippen LogP contribution in [-0.4, -0.2) is 31.5 Å². The maximum atomic E-state index is 12.3. The Morgan fingerprint density at radius 2 is 2.14 bits per heavy atom. The van der Waals surface area contributed by atoms with Crippen LogP contribution in [0.25, 0.3) is 0 Å². The van der Waals surface area contributed by atoms with E-state index in [9.17, 15) is 8.42 Å². The summed E-state index contributed by atoms with van der Waals surface area (Å²) >= 11 is 1.49. The van der Waals surface area contributed by atoms with Crippen LogP contribution in [0.5, 0.6) is 0 Å². The number of sulfonamides is 1. The van der Waals surface area contributed by atoms with Crippen LogP contribution >= 0.6 is 11.3 Å². The van der Waals surface area contributed by atoms with E-state index in [2.05, 4.69) is 20.0 Å². The molecule has 0 saturated carbocycles. The summed E-state index contributed by atoms with van der Waals surface area (Å²) in [5.74, 6) is 0. The molecule has 8 heteroatoms. The summed E-state index contributed by atoms with van der Waals surface area (Å²) in [5, 5.41) is 5.03. The second-order valence-electron chi connectivity index (χ2n) is 4.41. The highest BCUT2D eigenvalue weighted by Gasteiger charge is 2.19. The number of pyridine rings is 1. The quantitative estimate of drug-likeness (QED) is 0.774. The third-order valence-electron chi connectivity index (χ3n) is 2.75. The molecule has 2 rings (SSSR count). The summed E-state index contributed by atoms with van der Waals surface area (Å²) in [6.45, 7) is 3.02. The lowest BCUT2D eigenvalue weighted by Crippen LogP contribution is -2.27. The van der Waals surface area contributed by atoms with Crippen LogP contribution in [0.3, 0.4) is 0 Å². The van der Waals surface area contributed by atoms with Crippen LogP contribution in [0.2, 0.25) is 0 Å². The molecule has 114 valence electrons. The van der Waals surface area contributed by atoms with E-state index in [1.165, 1.54) is 17.5 Å². The lowest BCUT2D eigenvalue weighted by atomic mass is 10.3. The number of nitrogens with zero attached hydrogens (tertiary/aromatic N) is 2. The zero-order valence-corrected chi connectivity index (χ0v) is 13.4. The molecule has 2 aromatic heterocycles. The minimum absolute atomic E-state index is 0.0386. The molecule has 6 nitrogen and oxygen atoms in total. The third-order valence-corrected chi connectivity index (χ3v) is 4.80. The van der Waals surface area contributed by atoms with E-state index in [1.807, 2.05) is 12.3 Å². The van der Waals surface area contributed by atoms with Gasteiger partial charge >= 0.3 is 0 Å². The molecule has 0 radical (unpaired) electrons. The van der Waals surface area contributed by atoms with E-state index in [4.69, 9.17) is 0 Å². The standard InChI is InChI=1S/C13H18N4O2S2/c1-2-6-14-12-4-3-7-15-13(12)21(18,19)17-8-5-11-9-20-10-16-11/h3-4,7,9-10,14,17H,2,5-6,8H2,1H3. The molecule has 0 aliphatic carbocycles. The molecule has 0 atom stereocenters. The Balaban J connectivity index is 2.04. The number of rotatable bonds is 8. The van der Waals surface area contributed by atoms with E-state index < -0.39 is 10.0 Å². The normalized spacial score (nSPS) is 11.5. The van der Waals surface area contributed by atoms with Crippen LogP contribution in [-0.2, 0) is 16.4 Å². The second kappa shape index (κ2) is 7.48. The van der Waals surface area contributed by atoms with Gasteiger partial charge in [-0.3, -0.25) is 0 Å². The molecular weight excluding hydrogens is 308 g/mol. The Hall–Kier alpha value is -1.51. The summed E-state index contributed by atoms with van der Waals surface area (Å²) < 4.78 is 27.2. The van der Waals surface area contributed by atoms with Crippen LogP contribution < -0.4 is 10.0 Å². The zero-order valence-electron chi connectivity index (χ0n) is 11.7. The molecular formula is C13H18N4O2S2. The summed E-state index contributed by atoms with van der Waals surface area (Å²) in [6.07, 6.45) is 2.95. The highest BCUT2D eigenvalue weighted by Crippen LogP contribution is 2.17. The molecule has 21 heavy (non-hydrogen) atoms. The smallest absolute Gasteiger partial charge is 0.260 e. The van der Waals surface area contributed by atoms with Gasteiger partial charge in [0, 0.05) is 31.1 Å². The van der Waals surface area contributed by atoms with E-state index in [0.29, 0.717) is 25.2 Å². The van der Waals surface area contributed by atoms with Gasteiger partial charge in [0.2, 0.25) is 0 Å². The fraction of sp³-hybridized carbons (Fsp3) is 0.385. The van der Waals surface area contributed by atoms with Crippen molar-refractivity contribution in [2.45, 2.75) is 24.8 Å². The average molecular weight is 326 g/mol. The molecule has 0 spiro atoms. The Kier molecular flexibility index (Phi) is 5.66. The summed E-state index contributed by atoms with van der Waals surface area (Å²) in [6, 6.07) is 3.43. The Morgan fingerprint density at radius 3 is 2.86 bits per heavy atom. The van der Waals surface area contributed by atoms with Crippen molar-refractivity contribution < 1.29 is 8.42 Å². The van der Waals surface area contributed by atoms with E-state index in [0.717, 1.165) is 12.1 Å². The van der Waals surface area contributed by atoms with Crippen LogP contribution in [0.4, 0.5) is 5.69 Å². The predicted molar refractivity (Wildman–Crippen MR) is 84.0 cm³/mol. The maximum absolute atomic E-state index is 12.3. The monoisotopic (exact) mass is 326 g/mol. The van der Waals surface area contributed by atoms with Gasteiger partial charge in [0.15, 0.2) is 5.03 Å². The van der Waals surface area contributed by atoms with Crippen LogP contribution in [0, 0.1) is 0 Å². The van der Waals surface area contributed by atoms with Gasteiger partial charge in [-0.2, -0.15) is 0 Å². The molecule has 0 fully saturated rings. The van der Waals surface area contributed by atoms with Gasteiger partial charge in [0.25, 0.3) is 10.0 Å². The van der Waals surface area contributed by atoms with Gasteiger partial charge < -0.3 is 5.32 Å². The predicted octanol–water partition coefficient (Wildman–Crippen LogP) is 1.88. The molecule has 0 aliphatic heterocycles. The van der Waals surface area contributed by atoms with Crippen molar-refractivity contribution in [3.05, 3.63) is 34.9 Å². The zero-order chi connectivity index (χ0) is 15.1. The minimum Gasteiger partial charge on any atom is -0.383 e. The molecule has 2 heterocycles. The Morgan fingerprint density at radius 1 is 1.29 bits per heavy atom. The largest absolute Gasteiger partial charge is 0.383 e. The molecule has 2 aromatic rings. The topological polar surface area (TPSA) is 84.0 Å². The molecule has 0 bridgehead atoms. The van der Waals surface area contributed by atoms with Crippen molar-refractivity contribution in [2.75, 3.05) is 18.4 Å². The highest BCUT2D eigenvalue weighted by molar-refractivity contribution is 7.89. The van der Waals surface area contributed by atoms with E-state index in [1.54, 1.807) is 17.6 Å². The molecule has 0 saturated heterocycles. The Labute approximate surface area is 128 Å². The first-order valence-corrected chi connectivity index (χ1v) is 9.11. The van der Waals surface area contributed by atoms with Crippen molar-refractivity contribution in [2.24, 2.45) is 0 Å². The van der Waals surface area contributed by atoms with Crippen molar-refractivity contribution >= 4 is 27.0 Å². The van der Waals surface area contributed by atoms with E-state index in [-0.39, 0.29) is 5.03 Å². The van der Waals surface area contributed by atoms with Crippen molar-refractivity contribution in [3.8, 4) is 0 Å². The molecule has 0 amide bonds. The third kappa shape index (κ3) is 4.48. The number of nitrogens with one attached hydrogen (secondary N) is 2. The number of hydrogen-bond acceptors (Lipinski definition) is 6. The lowest BCUT2D eigenvalue weighted by molar-refractivity contribution is 0.578. The van der Waals surface area contributed by atoms with Gasteiger partial charge in [-0.1, -0.05) is 6.92 Å². The fourth-order valence-corrected chi connectivity index (χ4v) is 3.47. The first kappa shape index (κ1) is 15.9. The lowest BCUT2D eigenvalue weighted by Gasteiger charge is -2.11. The van der Waals surface area contributed by atoms with Gasteiger partial charge in [-0.15, -0.1) is 11.3 Å². The van der Waals surface area contributed by atoms with Gasteiger partial charge in [-0.05, 0) is 18.6 Å². The minimum atomic E-state index is -3.62. The van der Waals surface area contributed by atoms with Gasteiger partial charge in [0.05, 0.1) is 16.9 Å². The molecule has 0 aromatic carbocycles. The first-order chi connectivity index (χ1) is 10.1. The van der Waals surface area contributed by atoms with E-state index >= 15 is 0 Å². The van der Waals surface area contributed by atoms with Gasteiger partial charge in [0.1, 0.15) is 0 Å². The average Bonchev–Trinajstić information content (AvgIpc) is 2.98. The van der Waals surface area contributed by atoms with Crippen LogP contribution in [0.15, 0.2) is 34.2 Å². The summed E-state index contributed by atoms with van der Waals surface area (Å²) in [4.78, 5) is 8.11. The first-order valence-electron chi connectivity index (χ1n) is 6.69. The number of anilines is 1. The maximum Gasteiger partial charge on any atom is 0.260 e. The van der Waals surface area contributed by atoms with Gasteiger partial charge in [-0.25, -0.2) is 23.1 Å². The Bertz CT molecular complexity index is 657. The molecule has 2 N–H and O–H groups in total. The molecule has 0 unspecified atom stereocenters. The number of hydrogen-bond donors (Lipinski definition) is 2. The van der Waals surface area contributed by atoms with Crippen molar-refractivity contribution in [1.29, 1.82) is 0 Å². The second-order valence-corrected chi connectivity index (χ2v) is 6.81. The van der Waals surface area contributed by atoms with Crippen molar-refractivity contribution in [3.63, 3.8) is 0 Å². The highest BCUT2D eigenvalue weighted by atomic mass is 32.2. The number of aromatic nitrogens is 2. The fourth-order valence-electron chi connectivity index (χ4n) is 1.74. The molecule has 0 aliphatic rings. The number of thiazole rings is 1.